The smallest absolute Gasteiger partial charge is 0.407 e. The number of nitrogens with zero attached hydrogens (tertiary/aromatic N) is 5. The summed E-state index contributed by atoms with van der Waals surface area (Å²) in [6.07, 6.45) is 4.77. The Kier molecular flexibility index (Phi) is 4.89. The fourth-order valence-corrected chi connectivity index (χ4v) is 4.61. The van der Waals surface area contributed by atoms with Crippen molar-refractivity contribution in [3.8, 4) is 22.9 Å². The fraction of sp³-hybridized carbons (Fsp3) is 0.417. The van der Waals surface area contributed by atoms with Gasteiger partial charge in [0.1, 0.15) is 23.2 Å². The number of carbonyl (C=O) groups excluding carboxylic acids is 1. The summed E-state index contributed by atoms with van der Waals surface area (Å²) in [5.74, 6) is 2.39. The fourth-order valence-electron chi connectivity index (χ4n) is 4.61. The number of fused-ring (bicyclic) bond motifs is 2. The molecule has 1 aliphatic heterocycles. The van der Waals surface area contributed by atoms with Gasteiger partial charge in [-0.1, -0.05) is 0 Å². The standard InChI is InChI=1S/C24H26N6O3/c1-24(2,3)33-23(31)28-21-18-12-29(13-19(18)21)20-6-5-14(9-26-20)17-7-16(32-4)11-30-22(17)15(8-25)10-27-30/h5-7,9-11,18-19,21H,12-13H2,1-4H3,(H,28,31)/t18-,19+,21+. The van der Waals surface area contributed by atoms with E-state index in [9.17, 15) is 10.1 Å². The summed E-state index contributed by atoms with van der Waals surface area (Å²) >= 11 is 0. The quantitative estimate of drug-likeness (QED) is 0.656. The number of carbonyl (C=O) groups is 1. The average molecular weight is 447 g/mol. The second kappa shape index (κ2) is 7.66. The molecule has 0 radical (unpaired) electrons. The Bertz CT molecular complexity index is 1240. The van der Waals surface area contributed by atoms with Crippen LogP contribution in [0.15, 0.2) is 36.8 Å². The molecule has 3 aromatic heterocycles. The zero-order valence-electron chi connectivity index (χ0n) is 19.1. The number of hydrogen-bond donors (Lipinski definition) is 1. The van der Waals surface area contributed by atoms with Crippen LogP contribution in [-0.2, 0) is 4.74 Å². The van der Waals surface area contributed by atoms with Gasteiger partial charge in [-0.15, -0.1) is 0 Å². The zero-order chi connectivity index (χ0) is 23.3. The maximum atomic E-state index is 12.0. The first-order valence-electron chi connectivity index (χ1n) is 10.9. The van der Waals surface area contributed by atoms with Gasteiger partial charge < -0.3 is 19.7 Å². The number of pyridine rings is 2. The van der Waals surface area contributed by atoms with E-state index in [1.807, 2.05) is 45.2 Å². The van der Waals surface area contributed by atoms with Crippen molar-refractivity contribution >= 4 is 17.4 Å². The highest BCUT2D eigenvalue weighted by Crippen LogP contribution is 2.46. The first-order chi connectivity index (χ1) is 15.8. The molecule has 1 saturated heterocycles. The van der Waals surface area contributed by atoms with Crippen LogP contribution in [-0.4, -0.2) is 52.5 Å². The molecular formula is C24H26N6O3. The largest absolute Gasteiger partial charge is 0.495 e. The van der Waals surface area contributed by atoms with Crippen LogP contribution in [0.1, 0.15) is 26.3 Å². The molecule has 0 bridgehead atoms. The number of alkyl carbamates (subject to hydrolysis) is 1. The summed E-state index contributed by atoms with van der Waals surface area (Å²) in [7, 11) is 1.60. The van der Waals surface area contributed by atoms with Crippen LogP contribution in [0.4, 0.5) is 10.6 Å². The highest BCUT2D eigenvalue weighted by Gasteiger charge is 2.57. The molecule has 2 fully saturated rings. The van der Waals surface area contributed by atoms with Crippen molar-refractivity contribution in [3.63, 3.8) is 0 Å². The van der Waals surface area contributed by atoms with E-state index in [2.05, 4.69) is 26.4 Å². The third-order valence-electron chi connectivity index (χ3n) is 6.20. The Labute approximate surface area is 191 Å². The second-order valence-corrected chi connectivity index (χ2v) is 9.57. The molecule has 1 saturated carbocycles. The van der Waals surface area contributed by atoms with Crippen molar-refractivity contribution in [1.29, 1.82) is 5.26 Å². The van der Waals surface area contributed by atoms with Gasteiger partial charge in [0.05, 0.1) is 30.6 Å². The number of aromatic nitrogens is 3. The number of amides is 1. The SMILES string of the molecule is COc1cc(-c2ccc(N3C[C@@H]4[C@H](C3)[C@H]4NC(=O)OC(C)(C)C)nc2)c2c(C#N)cnn2c1. The summed E-state index contributed by atoms with van der Waals surface area (Å²) < 4.78 is 12.4. The van der Waals surface area contributed by atoms with Crippen LogP contribution in [0.5, 0.6) is 5.75 Å². The van der Waals surface area contributed by atoms with Crippen molar-refractivity contribution in [3.05, 3.63) is 42.4 Å². The predicted molar refractivity (Wildman–Crippen MR) is 122 cm³/mol. The highest BCUT2D eigenvalue weighted by molar-refractivity contribution is 5.85. The predicted octanol–water partition coefficient (Wildman–Crippen LogP) is 3.24. The third-order valence-corrected chi connectivity index (χ3v) is 6.20. The van der Waals surface area contributed by atoms with E-state index in [4.69, 9.17) is 9.47 Å². The lowest BCUT2D eigenvalue weighted by atomic mass is 10.1. The van der Waals surface area contributed by atoms with Crippen molar-refractivity contribution in [2.75, 3.05) is 25.1 Å². The topological polar surface area (TPSA) is 105 Å². The average Bonchev–Trinajstić information content (AvgIpc) is 3.12. The van der Waals surface area contributed by atoms with Crippen LogP contribution in [0.3, 0.4) is 0 Å². The minimum Gasteiger partial charge on any atom is -0.495 e. The first kappa shape index (κ1) is 21.1. The Morgan fingerprint density at radius 3 is 2.61 bits per heavy atom. The van der Waals surface area contributed by atoms with E-state index < -0.39 is 5.60 Å². The molecule has 1 N–H and O–H groups in total. The third kappa shape index (κ3) is 3.93. The molecular weight excluding hydrogens is 420 g/mol. The molecule has 9 nitrogen and oxygen atoms in total. The summed E-state index contributed by atoms with van der Waals surface area (Å²) in [4.78, 5) is 19.0. The molecule has 3 aromatic rings. The first-order valence-corrected chi connectivity index (χ1v) is 10.9. The number of rotatable bonds is 4. The maximum absolute atomic E-state index is 12.0. The summed E-state index contributed by atoms with van der Waals surface area (Å²) in [5, 5.41) is 16.7. The molecule has 1 aliphatic carbocycles. The summed E-state index contributed by atoms with van der Waals surface area (Å²) in [6, 6.07) is 8.27. The van der Waals surface area contributed by atoms with E-state index in [-0.39, 0.29) is 12.1 Å². The van der Waals surface area contributed by atoms with Gasteiger partial charge in [-0.2, -0.15) is 10.4 Å². The van der Waals surface area contributed by atoms with Gasteiger partial charge in [0, 0.05) is 48.3 Å². The normalized spacial score (nSPS) is 21.4. The van der Waals surface area contributed by atoms with Gasteiger partial charge in [-0.3, -0.25) is 0 Å². The lowest BCUT2D eigenvalue weighted by Gasteiger charge is -2.23. The lowest BCUT2D eigenvalue weighted by Crippen LogP contribution is -2.38. The monoisotopic (exact) mass is 446 g/mol. The second-order valence-electron chi connectivity index (χ2n) is 9.57. The Morgan fingerprint density at radius 2 is 2.00 bits per heavy atom. The van der Waals surface area contributed by atoms with Gasteiger partial charge in [0.2, 0.25) is 0 Å². The molecule has 2 aliphatic rings. The molecule has 33 heavy (non-hydrogen) atoms. The number of ether oxygens (including phenoxy) is 2. The number of methoxy groups -OCH3 is 1. The van der Waals surface area contributed by atoms with E-state index >= 15 is 0 Å². The number of nitriles is 1. The van der Waals surface area contributed by atoms with Crippen molar-refractivity contribution in [2.45, 2.75) is 32.4 Å². The van der Waals surface area contributed by atoms with Gasteiger partial charge in [0.25, 0.3) is 0 Å². The van der Waals surface area contributed by atoms with Gasteiger partial charge >= 0.3 is 6.09 Å². The molecule has 9 heteroatoms. The number of piperidine rings is 1. The summed E-state index contributed by atoms with van der Waals surface area (Å²) in [6.45, 7) is 7.29. The highest BCUT2D eigenvalue weighted by atomic mass is 16.6. The van der Waals surface area contributed by atoms with E-state index in [1.165, 1.54) is 0 Å². The number of hydrogen-bond acceptors (Lipinski definition) is 7. The summed E-state index contributed by atoms with van der Waals surface area (Å²) in [5.41, 5.74) is 2.46. The molecule has 3 atom stereocenters. The van der Waals surface area contributed by atoms with Crippen LogP contribution in [0, 0.1) is 23.2 Å². The maximum Gasteiger partial charge on any atom is 0.407 e. The number of anilines is 1. The molecule has 5 rings (SSSR count). The molecule has 0 spiro atoms. The van der Waals surface area contributed by atoms with Crippen LogP contribution >= 0.6 is 0 Å². The number of nitrogens with one attached hydrogen (secondary N) is 1. The Balaban J connectivity index is 1.29. The molecule has 4 heterocycles. The van der Waals surface area contributed by atoms with E-state index in [0.29, 0.717) is 23.1 Å². The van der Waals surface area contributed by atoms with Crippen molar-refractivity contribution < 1.29 is 14.3 Å². The minimum absolute atomic E-state index is 0.173. The molecule has 0 unspecified atom stereocenters. The molecule has 0 aromatic carbocycles. The van der Waals surface area contributed by atoms with Gasteiger partial charge in [-0.05, 0) is 39.0 Å². The Hall–Kier alpha value is -3.80. The molecule has 170 valence electrons. The van der Waals surface area contributed by atoms with Crippen LogP contribution in [0.25, 0.3) is 16.6 Å². The minimum atomic E-state index is -0.495. The van der Waals surface area contributed by atoms with E-state index in [1.54, 1.807) is 24.0 Å². The Morgan fingerprint density at radius 1 is 1.24 bits per heavy atom. The van der Waals surface area contributed by atoms with Gasteiger partial charge in [-0.25, -0.2) is 14.3 Å². The lowest BCUT2D eigenvalue weighted by molar-refractivity contribution is 0.0518. The van der Waals surface area contributed by atoms with Crippen molar-refractivity contribution in [1.82, 2.24) is 19.9 Å². The van der Waals surface area contributed by atoms with Crippen molar-refractivity contribution in [2.24, 2.45) is 11.8 Å². The zero-order valence-corrected chi connectivity index (χ0v) is 19.1. The van der Waals surface area contributed by atoms with Crippen LogP contribution in [0.2, 0.25) is 0 Å². The molecule has 1 amide bonds. The van der Waals surface area contributed by atoms with E-state index in [0.717, 1.165) is 35.6 Å². The van der Waals surface area contributed by atoms with Crippen LogP contribution < -0.4 is 15.0 Å². The van der Waals surface area contributed by atoms with Gasteiger partial charge in [0.15, 0.2) is 0 Å².